The molecule has 2 nitrogen and oxygen atoms in total. The largest absolute Gasteiger partial charge is 0.313 e. The summed E-state index contributed by atoms with van der Waals surface area (Å²) in [5.74, 6) is 6.66. The predicted molar refractivity (Wildman–Crippen MR) is 75.0 cm³/mol. The minimum Gasteiger partial charge on any atom is -0.313 e. The molecule has 1 aliphatic rings. The molecular formula is C15H28N2. The highest BCUT2D eigenvalue weighted by Gasteiger charge is 2.16. The SMILES string of the molecule is CCCN(CC#CC(C)(C)C)CC1CCCN1. The molecule has 98 valence electrons. The smallest absolute Gasteiger partial charge is 0.0602 e. The Balaban J connectivity index is 2.38. The maximum atomic E-state index is 3.56. The summed E-state index contributed by atoms with van der Waals surface area (Å²) in [6, 6.07) is 0.693. The lowest BCUT2D eigenvalue weighted by molar-refractivity contribution is 0.277. The van der Waals surface area contributed by atoms with Crippen LogP contribution in [0.4, 0.5) is 0 Å². The standard InChI is InChI=1S/C15H28N2/c1-5-11-17(12-7-9-15(2,3)4)13-14-8-6-10-16-14/h14,16H,5-6,8,10-13H2,1-4H3. The summed E-state index contributed by atoms with van der Waals surface area (Å²) in [5, 5.41) is 3.56. The van der Waals surface area contributed by atoms with Crippen molar-refractivity contribution >= 4 is 0 Å². The summed E-state index contributed by atoms with van der Waals surface area (Å²) in [7, 11) is 0. The molecule has 1 rings (SSSR count). The lowest BCUT2D eigenvalue weighted by atomic mass is 9.98. The average molecular weight is 236 g/mol. The van der Waals surface area contributed by atoms with E-state index in [9.17, 15) is 0 Å². The van der Waals surface area contributed by atoms with Crippen LogP contribution in [0.25, 0.3) is 0 Å². The molecule has 1 atom stereocenters. The van der Waals surface area contributed by atoms with E-state index in [-0.39, 0.29) is 5.41 Å². The zero-order valence-corrected chi connectivity index (χ0v) is 12.0. The highest BCUT2D eigenvalue weighted by Crippen LogP contribution is 2.10. The third kappa shape index (κ3) is 6.71. The van der Waals surface area contributed by atoms with E-state index in [2.05, 4.69) is 49.8 Å². The molecule has 1 N–H and O–H groups in total. The first-order valence-corrected chi connectivity index (χ1v) is 6.97. The van der Waals surface area contributed by atoms with E-state index >= 15 is 0 Å². The van der Waals surface area contributed by atoms with Crippen LogP contribution in [0.1, 0.15) is 47.0 Å². The lowest BCUT2D eigenvalue weighted by Crippen LogP contribution is -2.38. The van der Waals surface area contributed by atoms with Crippen LogP contribution in [-0.2, 0) is 0 Å². The maximum Gasteiger partial charge on any atom is 0.0602 e. The minimum absolute atomic E-state index is 0.128. The van der Waals surface area contributed by atoms with Crippen LogP contribution in [-0.4, -0.2) is 37.1 Å². The quantitative estimate of drug-likeness (QED) is 0.738. The van der Waals surface area contributed by atoms with Crippen LogP contribution >= 0.6 is 0 Å². The fourth-order valence-electron chi connectivity index (χ4n) is 2.19. The van der Waals surface area contributed by atoms with Crippen molar-refractivity contribution in [3.63, 3.8) is 0 Å². The Morgan fingerprint density at radius 1 is 1.35 bits per heavy atom. The van der Waals surface area contributed by atoms with E-state index in [4.69, 9.17) is 0 Å². The molecule has 1 unspecified atom stereocenters. The first-order valence-electron chi connectivity index (χ1n) is 6.97. The monoisotopic (exact) mass is 236 g/mol. The van der Waals surface area contributed by atoms with Gasteiger partial charge >= 0.3 is 0 Å². The van der Waals surface area contributed by atoms with Crippen LogP contribution < -0.4 is 5.32 Å². The Hall–Kier alpha value is -0.520. The summed E-state index contributed by atoms with van der Waals surface area (Å²) >= 11 is 0. The number of hydrogen-bond donors (Lipinski definition) is 1. The summed E-state index contributed by atoms with van der Waals surface area (Å²) < 4.78 is 0. The third-order valence-electron chi connectivity index (χ3n) is 2.95. The molecule has 1 aliphatic heterocycles. The molecule has 0 aromatic heterocycles. The lowest BCUT2D eigenvalue weighted by Gasteiger charge is -2.23. The van der Waals surface area contributed by atoms with Gasteiger partial charge in [0.2, 0.25) is 0 Å². The molecule has 0 radical (unpaired) electrons. The zero-order valence-electron chi connectivity index (χ0n) is 12.0. The van der Waals surface area contributed by atoms with Gasteiger partial charge in [0, 0.05) is 18.0 Å². The fourth-order valence-corrected chi connectivity index (χ4v) is 2.19. The van der Waals surface area contributed by atoms with Crippen molar-refractivity contribution in [1.82, 2.24) is 10.2 Å². The molecule has 2 heteroatoms. The Kier molecular flexibility index (Phi) is 6.02. The van der Waals surface area contributed by atoms with Crippen LogP contribution in [0.3, 0.4) is 0 Å². The van der Waals surface area contributed by atoms with Gasteiger partial charge in [0.05, 0.1) is 6.54 Å². The van der Waals surface area contributed by atoms with Crippen LogP contribution in [0, 0.1) is 17.3 Å². The first kappa shape index (κ1) is 14.5. The van der Waals surface area contributed by atoms with E-state index in [1.807, 2.05) is 0 Å². The highest BCUT2D eigenvalue weighted by molar-refractivity contribution is 5.08. The zero-order chi connectivity index (χ0) is 12.7. The summed E-state index contributed by atoms with van der Waals surface area (Å²) in [4.78, 5) is 2.49. The van der Waals surface area contributed by atoms with Crippen molar-refractivity contribution in [3.8, 4) is 11.8 Å². The minimum atomic E-state index is 0.128. The van der Waals surface area contributed by atoms with E-state index in [1.54, 1.807) is 0 Å². The average Bonchev–Trinajstić information content (AvgIpc) is 2.68. The molecule has 1 fully saturated rings. The Labute approximate surface area is 107 Å². The summed E-state index contributed by atoms with van der Waals surface area (Å²) in [6.07, 6.45) is 3.87. The van der Waals surface area contributed by atoms with E-state index in [1.165, 1.54) is 25.8 Å². The molecule has 0 bridgehead atoms. The molecule has 17 heavy (non-hydrogen) atoms. The molecule has 0 aliphatic carbocycles. The van der Waals surface area contributed by atoms with Crippen molar-refractivity contribution < 1.29 is 0 Å². The molecule has 0 amide bonds. The van der Waals surface area contributed by atoms with Gasteiger partial charge in [-0.1, -0.05) is 18.8 Å². The molecule has 0 aromatic rings. The van der Waals surface area contributed by atoms with Gasteiger partial charge in [-0.15, -0.1) is 0 Å². The normalized spacial score (nSPS) is 20.4. The van der Waals surface area contributed by atoms with Gasteiger partial charge in [-0.05, 0) is 53.1 Å². The topological polar surface area (TPSA) is 15.3 Å². The second-order valence-corrected chi connectivity index (χ2v) is 6.08. The van der Waals surface area contributed by atoms with Crippen LogP contribution in [0.15, 0.2) is 0 Å². The van der Waals surface area contributed by atoms with Crippen LogP contribution in [0.5, 0.6) is 0 Å². The van der Waals surface area contributed by atoms with E-state index in [0.717, 1.165) is 19.6 Å². The summed E-state index contributed by atoms with van der Waals surface area (Å²) in [5.41, 5.74) is 0.128. The van der Waals surface area contributed by atoms with Gasteiger partial charge < -0.3 is 5.32 Å². The van der Waals surface area contributed by atoms with E-state index < -0.39 is 0 Å². The molecule has 1 heterocycles. The van der Waals surface area contributed by atoms with Crippen molar-refractivity contribution in [2.45, 2.75) is 53.0 Å². The number of nitrogens with one attached hydrogen (secondary N) is 1. The fraction of sp³-hybridized carbons (Fsp3) is 0.867. The first-order chi connectivity index (χ1) is 8.01. The Bertz CT molecular complexity index is 261. The Morgan fingerprint density at radius 2 is 2.12 bits per heavy atom. The predicted octanol–water partition coefficient (Wildman–Crippen LogP) is 2.50. The van der Waals surface area contributed by atoms with Gasteiger partial charge in [0.1, 0.15) is 0 Å². The Morgan fingerprint density at radius 3 is 2.65 bits per heavy atom. The van der Waals surface area contributed by atoms with Gasteiger partial charge in [-0.3, -0.25) is 4.90 Å². The molecular weight excluding hydrogens is 208 g/mol. The van der Waals surface area contributed by atoms with Gasteiger partial charge in [-0.25, -0.2) is 0 Å². The van der Waals surface area contributed by atoms with Gasteiger partial charge in [0.25, 0.3) is 0 Å². The van der Waals surface area contributed by atoms with Gasteiger partial charge in [0.15, 0.2) is 0 Å². The number of hydrogen-bond acceptors (Lipinski definition) is 2. The van der Waals surface area contributed by atoms with Crippen LogP contribution in [0.2, 0.25) is 0 Å². The second-order valence-electron chi connectivity index (χ2n) is 6.08. The second kappa shape index (κ2) is 7.03. The van der Waals surface area contributed by atoms with Crippen molar-refractivity contribution in [2.75, 3.05) is 26.2 Å². The van der Waals surface area contributed by atoms with Crippen molar-refractivity contribution in [1.29, 1.82) is 0 Å². The van der Waals surface area contributed by atoms with Crippen molar-refractivity contribution in [3.05, 3.63) is 0 Å². The summed E-state index contributed by atoms with van der Waals surface area (Å²) in [6.45, 7) is 13.2. The molecule has 0 saturated carbocycles. The molecule has 0 spiro atoms. The van der Waals surface area contributed by atoms with Gasteiger partial charge in [-0.2, -0.15) is 0 Å². The van der Waals surface area contributed by atoms with Crippen molar-refractivity contribution in [2.24, 2.45) is 5.41 Å². The highest BCUT2D eigenvalue weighted by atomic mass is 15.1. The maximum absolute atomic E-state index is 3.56. The molecule has 0 aromatic carbocycles. The third-order valence-corrected chi connectivity index (χ3v) is 2.95. The molecule has 1 saturated heterocycles. The van der Waals surface area contributed by atoms with E-state index in [0.29, 0.717) is 6.04 Å². The number of nitrogens with zero attached hydrogens (tertiary/aromatic N) is 1. The number of rotatable bonds is 5.